The van der Waals surface area contributed by atoms with E-state index in [2.05, 4.69) is 0 Å². The van der Waals surface area contributed by atoms with E-state index in [1.165, 1.54) is 31.7 Å². The van der Waals surface area contributed by atoms with Crippen LogP contribution in [0.5, 0.6) is 0 Å². The van der Waals surface area contributed by atoms with Gasteiger partial charge in [0.1, 0.15) is 5.82 Å². The molecule has 98 valence electrons. The summed E-state index contributed by atoms with van der Waals surface area (Å²) in [6.45, 7) is 0.495. The van der Waals surface area contributed by atoms with Crippen molar-refractivity contribution in [2.75, 3.05) is 6.54 Å². The zero-order chi connectivity index (χ0) is 12.8. The second kappa shape index (κ2) is 4.21. The number of halogens is 2. The van der Waals surface area contributed by atoms with Gasteiger partial charge in [-0.2, -0.15) is 0 Å². The van der Waals surface area contributed by atoms with Crippen LogP contribution in [0.1, 0.15) is 44.1 Å². The van der Waals surface area contributed by atoms with Crippen LogP contribution in [0, 0.1) is 11.2 Å². The fraction of sp³-hybridized carbons (Fsp3) is 0.600. The number of nitrogens with two attached hydrogens (primary N) is 1. The maximum Gasteiger partial charge on any atom is 0.128 e. The molecule has 0 aromatic heterocycles. The summed E-state index contributed by atoms with van der Waals surface area (Å²) in [4.78, 5) is 0. The number of rotatable bonds is 2. The van der Waals surface area contributed by atoms with Gasteiger partial charge in [-0.25, -0.2) is 4.39 Å². The molecule has 1 aromatic carbocycles. The van der Waals surface area contributed by atoms with Crippen LogP contribution in [0.2, 0.25) is 5.02 Å². The summed E-state index contributed by atoms with van der Waals surface area (Å²) in [5.41, 5.74) is 6.84. The lowest BCUT2D eigenvalue weighted by molar-refractivity contribution is 0.0306. The van der Waals surface area contributed by atoms with Crippen molar-refractivity contribution < 1.29 is 4.39 Å². The molecular weight excluding hydrogens is 249 g/mol. The van der Waals surface area contributed by atoms with Gasteiger partial charge < -0.3 is 5.73 Å². The number of benzene rings is 1. The predicted molar refractivity (Wildman–Crippen MR) is 72.3 cm³/mol. The zero-order valence-corrected chi connectivity index (χ0v) is 11.3. The van der Waals surface area contributed by atoms with Gasteiger partial charge in [-0.15, -0.1) is 0 Å². The molecule has 2 aliphatic carbocycles. The molecular formula is C15H19ClFN. The van der Waals surface area contributed by atoms with Crippen LogP contribution < -0.4 is 5.73 Å². The molecule has 0 saturated heterocycles. The molecule has 0 aliphatic heterocycles. The van der Waals surface area contributed by atoms with Gasteiger partial charge in [0.05, 0.1) is 0 Å². The Morgan fingerprint density at radius 2 is 1.89 bits per heavy atom. The molecule has 0 atom stereocenters. The van der Waals surface area contributed by atoms with E-state index in [0.29, 0.717) is 22.5 Å². The molecule has 2 aliphatic rings. The molecule has 1 nitrogen and oxygen atoms in total. The average molecular weight is 268 g/mol. The Morgan fingerprint density at radius 1 is 1.22 bits per heavy atom. The minimum absolute atomic E-state index is 0.194. The van der Waals surface area contributed by atoms with E-state index < -0.39 is 0 Å². The third-order valence-electron chi connectivity index (χ3n) is 4.97. The standard InChI is InChI=1S/C15H19ClFN/c16-11-4-3-5-12(17)13(11)15(10-18)8-14(9-15)6-1-2-7-14/h3-5H,1-2,6-10,18H2. The monoisotopic (exact) mass is 267 g/mol. The molecule has 0 bridgehead atoms. The molecule has 2 fully saturated rings. The highest BCUT2D eigenvalue weighted by Gasteiger charge is 2.56. The molecule has 0 heterocycles. The summed E-state index contributed by atoms with van der Waals surface area (Å²) in [6.07, 6.45) is 7.20. The van der Waals surface area contributed by atoms with E-state index in [9.17, 15) is 4.39 Å². The predicted octanol–water partition coefficient (Wildman–Crippen LogP) is 4.03. The Bertz CT molecular complexity index is 437. The topological polar surface area (TPSA) is 26.0 Å². The molecule has 0 unspecified atom stereocenters. The molecule has 2 N–H and O–H groups in total. The van der Waals surface area contributed by atoms with Gasteiger partial charge in [0.25, 0.3) is 0 Å². The number of hydrogen-bond donors (Lipinski definition) is 1. The van der Waals surface area contributed by atoms with E-state index in [4.69, 9.17) is 17.3 Å². The van der Waals surface area contributed by atoms with Crippen molar-refractivity contribution in [3.63, 3.8) is 0 Å². The lowest BCUT2D eigenvalue weighted by atomic mass is 9.49. The second-order valence-electron chi connectivity index (χ2n) is 6.14. The van der Waals surface area contributed by atoms with Gasteiger partial charge in [0.2, 0.25) is 0 Å². The van der Waals surface area contributed by atoms with Gasteiger partial charge in [0, 0.05) is 22.5 Å². The minimum Gasteiger partial charge on any atom is -0.330 e. The third-order valence-corrected chi connectivity index (χ3v) is 5.29. The van der Waals surface area contributed by atoms with E-state index in [0.717, 1.165) is 12.8 Å². The Labute approximate surface area is 113 Å². The van der Waals surface area contributed by atoms with Crippen LogP contribution in [-0.4, -0.2) is 6.54 Å². The lowest BCUT2D eigenvalue weighted by Gasteiger charge is -2.55. The van der Waals surface area contributed by atoms with Crippen LogP contribution in [0.15, 0.2) is 18.2 Å². The van der Waals surface area contributed by atoms with Crippen molar-refractivity contribution in [2.24, 2.45) is 11.1 Å². The van der Waals surface area contributed by atoms with Crippen molar-refractivity contribution in [1.29, 1.82) is 0 Å². The first kappa shape index (κ1) is 12.4. The molecule has 3 rings (SSSR count). The molecule has 0 radical (unpaired) electrons. The Morgan fingerprint density at radius 3 is 2.44 bits per heavy atom. The van der Waals surface area contributed by atoms with Crippen LogP contribution in [0.4, 0.5) is 4.39 Å². The summed E-state index contributed by atoms with van der Waals surface area (Å²) in [5.74, 6) is -0.194. The lowest BCUT2D eigenvalue weighted by Crippen LogP contribution is -2.53. The fourth-order valence-electron chi connectivity index (χ4n) is 4.29. The zero-order valence-electron chi connectivity index (χ0n) is 10.5. The molecule has 18 heavy (non-hydrogen) atoms. The van der Waals surface area contributed by atoms with Crippen LogP contribution >= 0.6 is 11.6 Å². The highest BCUT2D eigenvalue weighted by molar-refractivity contribution is 6.31. The first-order valence-corrected chi connectivity index (χ1v) is 7.13. The van der Waals surface area contributed by atoms with Crippen molar-refractivity contribution in [1.82, 2.24) is 0 Å². The van der Waals surface area contributed by atoms with E-state index >= 15 is 0 Å². The average Bonchev–Trinajstić information content (AvgIpc) is 2.76. The van der Waals surface area contributed by atoms with E-state index in [-0.39, 0.29) is 11.2 Å². The maximum absolute atomic E-state index is 14.1. The molecule has 2 saturated carbocycles. The number of hydrogen-bond acceptors (Lipinski definition) is 1. The van der Waals surface area contributed by atoms with Gasteiger partial charge in [-0.1, -0.05) is 30.5 Å². The minimum atomic E-state index is -0.216. The van der Waals surface area contributed by atoms with E-state index in [1.54, 1.807) is 12.1 Å². The largest absolute Gasteiger partial charge is 0.330 e. The SMILES string of the molecule is NCC1(c2c(F)cccc2Cl)CC2(CCCC2)C1. The van der Waals surface area contributed by atoms with E-state index in [1.807, 2.05) is 0 Å². The smallest absolute Gasteiger partial charge is 0.128 e. The normalized spacial score (nSPS) is 24.2. The van der Waals surface area contributed by atoms with Gasteiger partial charge in [0.15, 0.2) is 0 Å². The first-order valence-electron chi connectivity index (χ1n) is 6.76. The van der Waals surface area contributed by atoms with Crippen LogP contribution in [-0.2, 0) is 5.41 Å². The van der Waals surface area contributed by atoms with Gasteiger partial charge in [-0.3, -0.25) is 0 Å². The summed E-state index contributed by atoms with van der Waals surface area (Å²) in [6, 6.07) is 4.94. The Balaban J connectivity index is 1.94. The van der Waals surface area contributed by atoms with Crippen LogP contribution in [0.3, 0.4) is 0 Å². The van der Waals surface area contributed by atoms with Crippen molar-refractivity contribution in [3.05, 3.63) is 34.6 Å². The Kier molecular flexibility index (Phi) is 2.91. The van der Waals surface area contributed by atoms with Gasteiger partial charge in [-0.05, 0) is 43.2 Å². The summed E-state index contributed by atoms with van der Waals surface area (Å²) in [5, 5.41) is 0.535. The molecule has 1 aromatic rings. The second-order valence-corrected chi connectivity index (χ2v) is 6.55. The van der Waals surface area contributed by atoms with Gasteiger partial charge >= 0.3 is 0 Å². The highest BCUT2D eigenvalue weighted by Crippen LogP contribution is 2.63. The van der Waals surface area contributed by atoms with Crippen LogP contribution in [0.25, 0.3) is 0 Å². The first-order chi connectivity index (χ1) is 8.61. The van der Waals surface area contributed by atoms with Crippen molar-refractivity contribution in [3.8, 4) is 0 Å². The fourth-order valence-corrected chi connectivity index (χ4v) is 4.65. The molecule has 0 amide bonds. The summed E-state index contributed by atoms with van der Waals surface area (Å²) >= 11 is 6.20. The Hall–Kier alpha value is -0.600. The highest BCUT2D eigenvalue weighted by atomic mass is 35.5. The maximum atomic E-state index is 14.1. The van der Waals surface area contributed by atoms with Crippen molar-refractivity contribution >= 4 is 11.6 Å². The summed E-state index contributed by atoms with van der Waals surface area (Å²) in [7, 11) is 0. The summed E-state index contributed by atoms with van der Waals surface area (Å²) < 4.78 is 14.1. The third kappa shape index (κ3) is 1.70. The molecule has 1 spiro atoms. The molecule has 3 heteroatoms. The van der Waals surface area contributed by atoms with Crippen molar-refractivity contribution in [2.45, 2.75) is 43.9 Å². The quantitative estimate of drug-likeness (QED) is 0.860.